The minimum absolute atomic E-state index is 0.113. The molecule has 0 aromatic carbocycles. The van der Waals surface area contributed by atoms with E-state index in [9.17, 15) is 0 Å². The van der Waals surface area contributed by atoms with E-state index in [4.69, 9.17) is 9.84 Å². The predicted octanol–water partition coefficient (Wildman–Crippen LogP) is 4.19. The molecule has 1 atom stereocenters. The highest BCUT2D eigenvalue weighted by molar-refractivity contribution is 5.58. The zero-order valence-corrected chi connectivity index (χ0v) is 12.6. The summed E-state index contributed by atoms with van der Waals surface area (Å²) in [5, 5.41) is 4.73. The zero-order valence-electron chi connectivity index (χ0n) is 12.6. The van der Waals surface area contributed by atoms with E-state index in [-0.39, 0.29) is 6.10 Å². The molecule has 2 rings (SSSR count). The molecule has 0 radical (unpaired) electrons. The summed E-state index contributed by atoms with van der Waals surface area (Å²) in [4.78, 5) is 0. The molecule has 3 nitrogen and oxygen atoms in total. The summed E-state index contributed by atoms with van der Waals surface area (Å²) in [7, 11) is 0. The highest BCUT2D eigenvalue weighted by Crippen LogP contribution is 2.34. The number of aromatic nitrogens is 2. The standard InChI is InChI=1S/C16H24N2O/c1-6-19-16(12(4)5)14-13-9-7-8-10-18(13)17-15(14)11(2)3/h7-12,16H,6H2,1-5H3. The van der Waals surface area contributed by atoms with Crippen molar-refractivity contribution >= 4 is 5.52 Å². The molecule has 0 saturated carbocycles. The van der Waals surface area contributed by atoms with Gasteiger partial charge in [0, 0.05) is 18.4 Å². The third-order valence-corrected chi connectivity index (χ3v) is 3.39. The zero-order chi connectivity index (χ0) is 14.0. The molecule has 0 fully saturated rings. The Balaban J connectivity index is 2.63. The molecule has 0 bridgehead atoms. The summed E-state index contributed by atoms with van der Waals surface area (Å²) in [5.41, 5.74) is 3.57. The molecule has 2 heterocycles. The molecule has 0 N–H and O–H groups in total. The first-order valence-corrected chi connectivity index (χ1v) is 7.15. The van der Waals surface area contributed by atoms with Crippen LogP contribution in [-0.2, 0) is 4.74 Å². The van der Waals surface area contributed by atoms with Gasteiger partial charge >= 0.3 is 0 Å². The number of hydrogen-bond donors (Lipinski definition) is 0. The summed E-state index contributed by atoms with van der Waals surface area (Å²) < 4.78 is 7.96. The van der Waals surface area contributed by atoms with Crippen LogP contribution in [0.15, 0.2) is 24.4 Å². The van der Waals surface area contributed by atoms with Gasteiger partial charge in [-0.3, -0.25) is 0 Å². The summed E-state index contributed by atoms with van der Waals surface area (Å²) in [6.07, 6.45) is 2.12. The lowest BCUT2D eigenvalue weighted by Gasteiger charge is -2.22. The van der Waals surface area contributed by atoms with Gasteiger partial charge in [0.05, 0.1) is 17.3 Å². The normalized spacial score (nSPS) is 13.6. The van der Waals surface area contributed by atoms with Crippen molar-refractivity contribution in [1.82, 2.24) is 9.61 Å². The fourth-order valence-electron chi connectivity index (χ4n) is 2.54. The van der Waals surface area contributed by atoms with Crippen LogP contribution in [0.4, 0.5) is 0 Å². The van der Waals surface area contributed by atoms with E-state index < -0.39 is 0 Å². The quantitative estimate of drug-likeness (QED) is 0.805. The van der Waals surface area contributed by atoms with Crippen LogP contribution in [0.2, 0.25) is 0 Å². The van der Waals surface area contributed by atoms with Crippen molar-refractivity contribution in [3.63, 3.8) is 0 Å². The van der Waals surface area contributed by atoms with E-state index in [1.807, 2.05) is 16.8 Å². The molecule has 2 aromatic rings. The number of hydrogen-bond acceptors (Lipinski definition) is 2. The molecule has 1 unspecified atom stereocenters. The Hall–Kier alpha value is -1.35. The Kier molecular flexibility index (Phi) is 4.25. The van der Waals surface area contributed by atoms with E-state index in [1.165, 1.54) is 11.1 Å². The lowest BCUT2D eigenvalue weighted by molar-refractivity contribution is 0.0296. The van der Waals surface area contributed by atoms with Crippen molar-refractivity contribution in [2.24, 2.45) is 5.92 Å². The van der Waals surface area contributed by atoms with Crippen LogP contribution in [0, 0.1) is 5.92 Å². The van der Waals surface area contributed by atoms with Gasteiger partial charge in [-0.05, 0) is 30.9 Å². The smallest absolute Gasteiger partial charge is 0.0887 e. The minimum atomic E-state index is 0.113. The summed E-state index contributed by atoms with van der Waals surface area (Å²) in [6, 6.07) is 6.20. The highest BCUT2D eigenvalue weighted by atomic mass is 16.5. The Morgan fingerprint density at radius 2 is 1.95 bits per heavy atom. The number of nitrogens with zero attached hydrogens (tertiary/aromatic N) is 2. The van der Waals surface area contributed by atoms with Crippen molar-refractivity contribution in [2.45, 2.75) is 46.6 Å². The molecule has 3 heteroatoms. The van der Waals surface area contributed by atoms with E-state index >= 15 is 0 Å². The maximum Gasteiger partial charge on any atom is 0.0887 e. The Bertz CT molecular complexity index is 543. The first kappa shape index (κ1) is 14.1. The van der Waals surface area contributed by atoms with Crippen molar-refractivity contribution in [2.75, 3.05) is 6.61 Å². The molecule has 0 saturated heterocycles. The number of pyridine rings is 1. The van der Waals surface area contributed by atoms with Crippen LogP contribution < -0.4 is 0 Å². The maximum absolute atomic E-state index is 5.99. The molecular formula is C16H24N2O. The molecule has 0 amide bonds. The van der Waals surface area contributed by atoms with Crippen LogP contribution in [0.3, 0.4) is 0 Å². The Morgan fingerprint density at radius 1 is 1.21 bits per heavy atom. The van der Waals surface area contributed by atoms with E-state index in [2.05, 4.69) is 46.8 Å². The fraction of sp³-hybridized carbons (Fsp3) is 0.562. The molecule has 0 spiro atoms. The number of fused-ring (bicyclic) bond motifs is 1. The van der Waals surface area contributed by atoms with Gasteiger partial charge in [0.25, 0.3) is 0 Å². The monoisotopic (exact) mass is 260 g/mol. The Labute approximate surface area is 115 Å². The average Bonchev–Trinajstić information content (AvgIpc) is 2.75. The summed E-state index contributed by atoms with van der Waals surface area (Å²) in [6.45, 7) is 11.6. The number of rotatable bonds is 5. The largest absolute Gasteiger partial charge is 0.373 e. The minimum Gasteiger partial charge on any atom is -0.373 e. The molecule has 0 aliphatic rings. The van der Waals surface area contributed by atoms with Gasteiger partial charge in [0.15, 0.2) is 0 Å². The van der Waals surface area contributed by atoms with Crippen LogP contribution in [0.25, 0.3) is 5.52 Å². The van der Waals surface area contributed by atoms with Crippen molar-refractivity contribution < 1.29 is 4.74 Å². The lowest BCUT2D eigenvalue weighted by Crippen LogP contribution is -2.13. The van der Waals surface area contributed by atoms with Crippen LogP contribution >= 0.6 is 0 Å². The number of ether oxygens (including phenoxy) is 1. The topological polar surface area (TPSA) is 26.5 Å². The molecule has 2 aromatic heterocycles. The molecule has 104 valence electrons. The Morgan fingerprint density at radius 3 is 2.53 bits per heavy atom. The molecular weight excluding hydrogens is 236 g/mol. The first-order chi connectivity index (χ1) is 9.06. The first-order valence-electron chi connectivity index (χ1n) is 7.15. The average molecular weight is 260 g/mol. The van der Waals surface area contributed by atoms with Gasteiger partial charge in [0.2, 0.25) is 0 Å². The fourth-order valence-corrected chi connectivity index (χ4v) is 2.54. The molecule has 0 aliphatic heterocycles. The lowest BCUT2D eigenvalue weighted by atomic mass is 9.93. The van der Waals surface area contributed by atoms with Gasteiger partial charge in [-0.25, -0.2) is 4.52 Å². The second kappa shape index (κ2) is 5.74. The van der Waals surface area contributed by atoms with Crippen molar-refractivity contribution in [1.29, 1.82) is 0 Å². The molecule has 19 heavy (non-hydrogen) atoms. The van der Waals surface area contributed by atoms with Gasteiger partial charge < -0.3 is 4.74 Å². The second-order valence-electron chi connectivity index (χ2n) is 5.60. The third-order valence-electron chi connectivity index (χ3n) is 3.39. The van der Waals surface area contributed by atoms with E-state index in [0.717, 1.165) is 12.3 Å². The van der Waals surface area contributed by atoms with Gasteiger partial charge in [-0.15, -0.1) is 0 Å². The van der Waals surface area contributed by atoms with E-state index in [1.54, 1.807) is 0 Å². The van der Waals surface area contributed by atoms with E-state index in [0.29, 0.717) is 11.8 Å². The van der Waals surface area contributed by atoms with Gasteiger partial charge in [0.1, 0.15) is 0 Å². The van der Waals surface area contributed by atoms with Crippen LogP contribution in [0.5, 0.6) is 0 Å². The SMILES string of the molecule is CCOC(c1c(C(C)C)nn2ccccc12)C(C)C. The van der Waals surface area contributed by atoms with Gasteiger partial charge in [-0.1, -0.05) is 33.8 Å². The van der Waals surface area contributed by atoms with Gasteiger partial charge in [-0.2, -0.15) is 5.10 Å². The summed E-state index contributed by atoms with van der Waals surface area (Å²) >= 11 is 0. The van der Waals surface area contributed by atoms with Crippen molar-refractivity contribution in [3.05, 3.63) is 35.7 Å². The second-order valence-corrected chi connectivity index (χ2v) is 5.60. The maximum atomic E-state index is 5.99. The molecule has 0 aliphatic carbocycles. The van der Waals surface area contributed by atoms with Crippen LogP contribution in [-0.4, -0.2) is 16.2 Å². The summed E-state index contributed by atoms with van der Waals surface area (Å²) in [5.74, 6) is 0.835. The highest BCUT2D eigenvalue weighted by Gasteiger charge is 2.25. The predicted molar refractivity (Wildman–Crippen MR) is 78.5 cm³/mol. The third kappa shape index (κ3) is 2.66. The van der Waals surface area contributed by atoms with Crippen molar-refractivity contribution in [3.8, 4) is 0 Å². The van der Waals surface area contributed by atoms with Crippen LogP contribution in [0.1, 0.15) is 57.9 Å².